The third kappa shape index (κ3) is 4.69. The normalized spacial score (nSPS) is 14.4. The van der Waals surface area contributed by atoms with Crippen LogP contribution in [-0.4, -0.2) is 20.5 Å². The molecule has 0 N–H and O–H groups in total. The monoisotopic (exact) mass is 387 g/mol. The summed E-state index contributed by atoms with van der Waals surface area (Å²) in [6.07, 6.45) is 3.17. The first-order valence-corrected chi connectivity index (χ1v) is 9.79. The van der Waals surface area contributed by atoms with Gasteiger partial charge in [0.2, 0.25) is 0 Å². The molecule has 0 aliphatic heterocycles. The zero-order valence-electron chi connectivity index (χ0n) is 14.1. The van der Waals surface area contributed by atoms with Crippen molar-refractivity contribution in [2.24, 2.45) is 5.92 Å². The van der Waals surface area contributed by atoms with Crippen LogP contribution in [0, 0.1) is 28.6 Å². The molecule has 6 nitrogen and oxygen atoms in total. The van der Waals surface area contributed by atoms with Gasteiger partial charge in [-0.05, 0) is 31.4 Å². The second kappa shape index (κ2) is 8.93. The van der Waals surface area contributed by atoms with E-state index in [1.807, 2.05) is 18.2 Å². The topological polar surface area (TPSA) is 87.5 Å². The highest BCUT2D eigenvalue weighted by Gasteiger charge is 2.30. The molecule has 134 valence electrons. The van der Waals surface area contributed by atoms with Crippen LogP contribution in [0.5, 0.6) is 5.75 Å². The molecule has 2 aromatic rings. The van der Waals surface area contributed by atoms with Crippen LogP contribution in [0.25, 0.3) is 0 Å². The van der Waals surface area contributed by atoms with E-state index in [0.29, 0.717) is 42.0 Å². The lowest BCUT2D eigenvalue weighted by Gasteiger charge is -2.11. The van der Waals surface area contributed by atoms with Crippen molar-refractivity contribution in [1.82, 2.24) is 14.8 Å². The minimum absolute atomic E-state index is 0.160. The van der Waals surface area contributed by atoms with E-state index >= 15 is 0 Å². The van der Waals surface area contributed by atoms with Crippen molar-refractivity contribution >= 4 is 23.4 Å². The number of rotatable bonds is 9. The predicted molar refractivity (Wildman–Crippen MR) is 98.8 cm³/mol. The quantitative estimate of drug-likeness (QED) is 0.593. The molecule has 1 saturated carbocycles. The number of hydrogen-bond donors (Lipinski definition) is 0. The molecule has 1 atom stereocenters. The number of halogens is 1. The van der Waals surface area contributed by atoms with E-state index in [1.165, 1.54) is 11.8 Å². The average Bonchev–Trinajstić information content (AvgIpc) is 3.42. The molecular formula is C18H18ClN5OS. The Bertz CT molecular complexity index is 837. The minimum Gasteiger partial charge on any atom is -0.484 e. The molecule has 8 heteroatoms. The summed E-state index contributed by atoms with van der Waals surface area (Å²) in [5.41, 5.74) is 0. The first-order chi connectivity index (χ1) is 12.7. The lowest BCUT2D eigenvalue weighted by atomic mass is 10.1. The van der Waals surface area contributed by atoms with Gasteiger partial charge in [0.1, 0.15) is 12.4 Å². The zero-order chi connectivity index (χ0) is 18.4. The number of nitrogens with zero attached hydrogens (tertiary/aromatic N) is 5. The molecule has 1 fully saturated rings. The van der Waals surface area contributed by atoms with Gasteiger partial charge in [0.15, 0.2) is 11.0 Å². The average molecular weight is 388 g/mol. The molecular weight excluding hydrogens is 370 g/mol. The Morgan fingerprint density at radius 2 is 2.12 bits per heavy atom. The van der Waals surface area contributed by atoms with Crippen LogP contribution in [0.4, 0.5) is 0 Å². The first-order valence-electron chi connectivity index (χ1n) is 8.43. The van der Waals surface area contributed by atoms with Crippen molar-refractivity contribution in [3.63, 3.8) is 0 Å². The van der Waals surface area contributed by atoms with Crippen molar-refractivity contribution < 1.29 is 4.74 Å². The zero-order valence-corrected chi connectivity index (χ0v) is 15.7. The first kappa shape index (κ1) is 18.6. The van der Waals surface area contributed by atoms with Gasteiger partial charge in [-0.2, -0.15) is 10.5 Å². The number of thioether (sulfide) groups is 1. The predicted octanol–water partition coefficient (Wildman–Crippen LogP) is 4.38. The molecule has 1 aliphatic rings. The molecule has 1 aliphatic carbocycles. The Labute approximate surface area is 161 Å². The van der Waals surface area contributed by atoms with Gasteiger partial charge in [0, 0.05) is 18.2 Å². The second-order valence-electron chi connectivity index (χ2n) is 6.05. The number of aromatic nitrogens is 3. The van der Waals surface area contributed by atoms with Gasteiger partial charge >= 0.3 is 0 Å². The van der Waals surface area contributed by atoms with E-state index in [4.69, 9.17) is 21.6 Å². The molecule has 0 saturated heterocycles. The summed E-state index contributed by atoms with van der Waals surface area (Å²) >= 11 is 7.65. The number of hydrogen-bond acceptors (Lipinski definition) is 6. The smallest absolute Gasteiger partial charge is 0.191 e. The van der Waals surface area contributed by atoms with Crippen LogP contribution in [0.2, 0.25) is 5.02 Å². The van der Waals surface area contributed by atoms with Crippen molar-refractivity contribution in [1.29, 1.82) is 10.5 Å². The molecule has 0 radical (unpaired) electrons. The maximum Gasteiger partial charge on any atom is 0.191 e. The van der Waals surface area contributed by atoms with Crippen LogP contribution >= 0.6 is 23.4 Å². The van der Waals surface area contributed by atoms with Crippen molar-refractivity contribution in [3.8, 4) is 17.9 Å². The minimum atomic E-state index is -0.160. The van der Waals surface area contributed by atoms with E-state index in [2.05, 4.69) is 26.9 Å². The molecule has 3 rings (SSSR count). The van der Waals surface area contributed by atoms with E-state index in [-0.39, 0.29) is 5.92 Å². The lowest BCUT2D eigenvalue weighted by molar-refractivity contribution is 0.288. The molecule has 0 amide bonds. The maximum absolute atomic E-state index is 9.21. The van der Waals surface area contributed by atoms with Crippen LogP contribution in [0.1, 0.15) is 37.5 Å². The van der Waals surface area contributed by atoms with Gasteiger partial charge < -0.3 is 9.30 Å². The van der Waals surface area contributed by atoms with E-state index in [1.54, 1.807) is 6.07 Å². The van der Waals surface area contributed by atoms with Crippen molar-refractivity contribution in [2.45, 2.75) is 43.5 Å². The molecule has 26 heavy (non-hydrogen) atoms. The summed E-state index contributed by atoms with van der Waals surface area (Å²) in [5.74, 6) is 1.83. The summed E-state index contributed by atoms with van der Waals surface area (Å²) < 4.78 is 7.91. The highest BCUT2D eigenvalue weighted by Crippen LogP contribution is 2.39. The van der Waals surface area contributed by atoms with Crippen LogP contribution in [0.3, 0.4) is 0 Å². The van der Waals surface area contributed by atoms with E-state index in [0.717, 1.165) is 23.8 Å². The highest BCUT2D eigenvalue weighted by atomic mass is 35.5. The Morgan fingerprint density at radius 1 is 1.31 bits per heavy atom. The molecule has 0 unspecified atom stereocenters. The maximum atomic E-state index is 9.21. The fourth-order valence-corrected chi connectivity index (χ4v) is 3.78. The SMILES string of the molecule is N#CCC[C@@H](C#N)CSc1nnc(COc2ccccc2Cl)n1C1CC1. The summed E-state index contributed by atoms with van der Waals surface area (Å²) in [5, 5.41) is 27.8. The van der Waals surface area contributed by atoms with Gasteiger partial charge in [-0.15, -0.1) is 10.2 Å². The third-order valence-electron chi connectivity index (χ3n) is 4.04. The number of ether oxygens (including phenoxy) is 1. The molecule has 0 bridgehead atoms. The van der Waals surface area contributed by atoms with Gasteiger partial charge in [-0.3, -0.25) is 0 Å². The third-order valence-corrected chi connectivity index (χ3v) is 5.46. The highest BCUT2D eigenvalue weighted by molar-refractivity contribution is 7.99. The number of benzene rings is 1. The second-order valence-corrected chi connectivity index (χ2v) is 7.45. The Kier molecular flexibility index (Phi) is 6.38. The fraction of sp³-hybridized carbons (Fsp3) is 0.444. The molecule has 0 spiro atoms. The van der Waals surface area contributed by atoms with Gasteiger partial charge in [0.25, 0.3) is 0 Å². The number of nitriles is 2. The fourth-order valence-electron chi connectivity index (χ4n) is 2.51. The lowest BCUT2D eigenvalue weighted by Crippen LogP contribution is -2.08. The molecule has 1 aromatic carbocycles. The standard InChI is InChI=1S/C18H18ClN5OS/c19-15-5-1-2-6-16(15)25-11-17-22-23-18(24(17)14-7-8-14)26-12-13(10-21)4-3-9-20/h1-2,5-6,13-14H,3-4,7-8,11-12H2/t13-/m0/s1. The van der Waals surface area contributed by atoms with E-state index in [9.17, 15) is 5.26 Å². The summed E-state index contributed by atoms with van der Waals surface area (Å²) in [4.78, 5) is 0. The Morgan fingerprint density at radius 3 is 2.81 bits per heavy atom. The molecule has 1 aromatic heterocycles. The van der Waals surface area contributed by atoms with Crippen LogP contribution in [-0.2, 0) is 6.61 Å². The summed E-state index contributed by atoms with van der Waals surface area (Å²) in [6.45, 7) is 0.296. The summed E-state index contributed by atoms with van der Waals surface area (Å²) in [7, 11) is 0. The molecule has 1 heterocycles. The Hall–Kier alpha value is -2.22. The number of para-hydroxylation sites is 1. The summed E-state index contributed by atoms with van der Waals surface area (Å²) in [6, 6.07) is 12.1. The van der Waals surface area contributed by atoms with E-state index < -0.39 is 0 Å². The van der Waals surface area contributed by atoms with Gasteiger partial charge in [-0.25, -0.2) is 0 Å². The van der Waals surface area contributed by atoms with Crippen molar-refractivity contribution in [2.75, 3.05) is 5.75 Å². The van der Waals surface area contributed by atoms with Gasteiger partial charge in [-0.1, -0.05) is 35.5 Å². The largest absolute Gasteiger partial charge is 0.484 e. The van der Waals surface area contributed by atoms with Gasteiger partial charge in [0.05, 0.1) is 23.1 Å². The van der Waals surface area contributed by atoms with Crippen LogP contribution in [0.15, 0.2) is 29.4 Å². The Balaban J connectivity index is 1.66. The van der Waals surface area contributed by atoms with Crippen molar-refractivity contribution in [3.05, 3.63) is 35.1 Å². The van der Waals surface area contributed by atoms with Crippen LogP contribution < -0.4 is 4.74 Å².